The van der Waals surface area contributed by atoms with E-state index in [1.807, 2.05) is 0 Å². The van der Waals surface area contributed by atoms with Gasteiger partial charge in [0, 0.05) is 30.8 Å². The minimum atomic E-state index is 0.365. The Kier molecular flexibility index (Phi) is 5.98. The minimum absolute atomic E-state index is 0.365. The van der Waals surface area contributed by atoms with E-state index in [9.17, 15) is 0 Å². The number of nitrogens with zero attached hydrogens (tertiary/aromatic N) is 3. The van der Waals surface area contributed by atoms with Crippen molar-refractivity contribution < 1.29 is 0 Å². The highest BCUT2D eigenvalue weighted by atomic mass is 32.1. The molecule has 4 nitrogen and oxygen atoms in total. The Morgan fingerprint density at radius 1 is 1.44 bits per heavy atom. The zero-order chi connectivity index (χ0) is 13.5. The summed E-state index contributed by atoms with van der Waals surface area (Å²) in [6.07, 6.45) is 4.42. The standard InChI is InChI=1S/C13H22N4S/c1-4-5-11-8-13(16-9-15-11)17(10(2)3)7-6-12(14)18/h8-10H,4-7H2,1-3H3,(H2,14,18). The molecule has 0 aliphatic rings. The molecule has 0 saturated carbocycles. The highest BCUT2D eigenvalue weighted by molar-refractivity contribution is 7.80. The lowest BCUT2D eigenvalue weighted by molar-refractivity contribution is 0.677. The predicted octanol–water partition coefficient (Wildman–Crippen LogP) is 2.32. The van der Waals surface area contributed by atoms with Gasteiger partial charge in [-0.15, -0.1) is 0 Å². The van der Waals surface area contributed by atoms with E-state index in [1.54, 1.807) is 6.33 Å². The van der Waals surface area contributed by atoms with Crippen LogP contribution in [0.25, 0.3) is 0 Å². The van der Waals surface area contributed by atoms with Gasteiger partial charge in [-0.25, -0.2) is 9.97 Å². The zero-order valence-corrected chi connectivity index (χ0v) is 12.2. The van der Waals surface area contributed by atoms with Crippen LogP contribution in [-0.2, 0) is 6.42 Å². The molecule has 0 unspecified atom stereocenters. The van der Waals surface area contributed by atoms with Crippen molar-refractivity contribution in [2.45, 2.75) is 46.1 Å². The van der Waals surface area contributed by atoms with Gasteiger partial charge in [-0.3, -0.25) is 0 Å². The van der Waals surface area contributed by atoms with E-state index in [0.29, 0.717) is 17.5 Å². The van der Waals surface area contributed by atoms with Gasteiger partial charge in [-0.2, -0.15) is 0 Å². The van der Waals surface area contributed by atoms with Gasteiger partial charge in [-0.05, 0) is 20.3 Å². The first kappa shape index (κ1) is 14.8. The number of anilines is 1. The number of hydrogen-bond acceptors (Lipinski definition) is 4. The summed E-state index contributed by atoms with van der Waals surface area (Å²) in [5.74, 6) is 0.958. The summed E-state index contributed by atoms with van der Waals surface area (Å²) in [5.41, 5.74) is 6.66. The van der Waals surface area contributed by atoms with Crippen molar-refractivity contribution in [2.75, 3.05) is 11.4 Å². The van der Waals surface area contributed by atoms with E-state index < -0.39 is 0 Å². The molecule has 0 radical (unpaired) electrons. The lowest BCUT2D eigenvalue weighted by Crippen LogP contribution is -2.34. The van der Waals surface area contributed by atoms with Crippen LogP contribution >= 0.6 is 12.2 Å². The molecule has 0 aliphatic carbocycles. The van der Waals surface area contributed by atoms with Gasteiger partial charge in [0.2, 0.25) is 0 Å². The third-order valence-corrected chi connectivity index (χ3v) is 2.94. The lowest BCUT2D eigenvalue weighted by Gasteiger charge is -2.27. The number of rotatable bonds is 7. The fourth-order valence-electron chi connectivity index (χ4n) is 1.80. The third kappa shape index (κ3) is 4.56. The van der Waals surface area contributed by atoms with Gasteiger partial charge in [0.1, 0.15) is 12.1 Å². The van der Waals surface area contributed by atoms with Crippen LogP contribution in [0.2, 0.25) is 0 Å². The Hall–Kier alpha value is -1.23. The van der Waals surface area contributed by atoms with Crippen LogP contribution in [0.5, 0.6) is 0 Å². The van der Waals surface area contributed by atoms with Crippen molar-refractivity contribution in [3.8, 4) is 0 Å². The van der Waals surface area contributed by atoms with E-state index in [-0.39, 0.29) is 0 Å². The summed E-state index contributed by atoms with van der Waals surface area (Å²) in [5, 5.41) is 0. The largest absolute Gasteiger partial charge is 0.393 e. The van der Waals surface area contributed by atoms with Crippen molar-refractivity contribution in [3.63, 3.8) is 0 Å². The highest BCUT2D eigenvalue weighted by Crippen LogP contribution is 2.15. The lowest BCUT2D eigenvalue weighted by atomic mass is 10.2. The Labute approximate surface area is 115 Å². The first-order chi connectivity index (χ1) is 8.54. The van der Waals surface area contributed by atoms with E-state index in [4.69, 9.17) is 18.0 Å². The van der Waals surface area contributed by atoms with Gasteiger partial charge >= 0.3 is 0 Å². The monoisotopic (exact) mass is 266 g/mol. The molecule has 18 heavy (non-hydrogen) atoms. The molecule has 1 heterocycles. The van der Waals surface area contributed by atoms with Gasteiger partial charge in [0.05, 0.1) is 4.99 Å². The van der Waals surface area contributed by atoms with Crippen LogP contribution in [0.15, 0.2) is 12.4 Å². The highest BCUT2D eigenvalue weighted by Gasteiger charge is 2.12. The summed E-state index contributed by atoms with van der Waals surface area (Å²) >= 11 is 4.94. The molecule has 0 aromatic carbocycles. The summed E-state index contributed by atoms with van der Waals surface area (Å²) in [6, 6.07) is 2.42. The van der Waals surface area contributed by atoms with E-state index >= 15 is 0 Å². The van der Waals surface area contributed by atoms with Crippen molar-refractivity contribution in [1.29, 1.82) is 0 Å². The van der Waals surface area contributed by atoms with Crippen LogP contribution < -0.4 is 10.6 Å². The predicted molar refractivity (Wildman–Crippen MR) is 79.9 cm³/mol. The molecular weight excluding hydrogens is 244 g/mol. The number of aromatic nitrogens is 2. The summed E-state index contributed by atoms with van der Waals surface area (Å²) in [6.45, 7) is 7.23. The number of aryl methyl sites for hydroxylation is 1. The Morgan fingerprint density at radius 3 is 2.72 bits per heavy atom. The molecule has 0 bridgehead atoms. The smallest absolute Gasteiger partial charge is 0.132 e. The van der Waals surface area contributed by atoms with Crippen molar-refractivity contribution in [2.24, 2.45) is 5.73 Å². The average Bonchev–Trinajstić information content (AvgIpc) is 2.29. The second-order valence-corrected chi connectivity index (χ2v) is 5.15. The molecule has 1 aromatic heterocycles. The van der Waals surface area contributed by atoms with E-state index in [2.05, 4.69) is 41.7 Å². The van der Waals surface area contributed by atoms with Crippen LogP contribution in [0.3, 0.4) is 0 Å². The maximum absolute atomic E-state index is 5.57. The van der Waals surface area contributed by atoms with Crippen LogP contribution in [0.4, 0.5) is 5.82 Å². The Morgan fingerprint density at radius 2 is 2.17 bits per heavy atom. The molecular formula is C13H22N4S. The molecule has 0 spiro atoms. The number of hydrogen-bond donors (Lipinski definition) is 1. The average molecular weight is 266 g/mol. The zero-order valence-electron chi connectivity index (χ0n) is 11.4. The van der Waals surface area contributed by atoms with Gasteiger partial charge in [0.15, 0.2) is 0 Å². The molecule has 5 heteroatoms. The second-order valence-electron chi connectivity index (χ2n) is 4.62. The molecule has 0 fully saturated rings. The molecule has 0 atom stereocenters. The molecule has 100 valence electrons. The maximum Gasteiger partial charge on any atom is 0.132 e. The number of nitrogens with two attached hydrogens (primary N) is 1. The van der Waals surface area contributed by atoms with Crippen LogP contribution in [0.1, 0.15) is 39.3 Å². The second kappa shape index (κ2) is 7.26. The van der Waals surface area contributed by atoms with Gasteiger partial charge in [-0.1, -0.05) is 25.6 Å². The van der Waals surface area contributed by atoms with Gasteiger partial charge in [0.25, 0.3) is 0 Å². The summed E-state index contributed by atoms with van der Waals surface area (Å²) in [7, 11) is 0. The molecule has 0 amide bonds. The Balaban J connectivity index is 2.84. The molecule has 1 rings (SSSR count). The number of thiocarbonyl (C=S) groups is 1. The molecule has 0 saturated heterocycles. The minimum Gasteiger partial charge on any atom is -0.393 e. The normalized spacial score (nSPS) is 10.7. The van der Waals surface area contributed by atoms with Crippen LogP contribution in [0, 0.1) is 0 Å². The molecule has 0 aliphatic heterocycles. The first-order valence-electron chi connectivity index (χ1n) is 6.40. The quantitative estimate of drug-likeness (QED) is 0.768. The molecule has 1 aromatic rings. The van der Waals surface area contributed by atoms with Crippen molar-refractivity contribution in [3.05, 3.63) is 18.1 Å². The summed E-state index contributed by atoms with van der Waals surface area (Å²) in [4.78, 5) is 11.4. The van der Waals surface area contributed by atoms with Crippen molar-refractivity contribution in [1.82, 2.24) is 9.97 Å². The SMILES string of the molecule is CCCc1cc(N(CCC(N)=S)C(C)C)ncn1. The van der Waals surface area contributed by atoms with E-state index in [1.165, 1.54) is 0 Å². The fraction of sp³-hybridized carbons (Fsp3) is 0.615. The van der Waals surface area contributed by atoms with E-state index in [0.717, 1.165) is 30.9 Å². The first-order valence-corrected chi connectivity index (χ1v) is 6.81. The molecule has 2 N–H and O–H groups in total. The van der Waals surface area contributed by atoms with Crippen molar-refractivity contribution >= 4 is 23.0 Å². The van der Waals surface area contributed by atoms with Crippen LogP contribution in [-0.4, -0.2) is 27.5 Å². The topological polar surface area (TPSA) is 55.0 Å². The van der Waals surface area contributed by atoms with Gasteiger partial charge < -0.3 is 10.6 Å². The third-order valence-electron chi connectivity index (χ3n) is 2.73. The Bertz CT molecular complexity index is 392. The fourth-order valence-corrected chi connectivity index (χ4v) is 1.89. The maximum atomic E-state index is 5.57. The summed E-state index contributed by atoms with van der Waals surface area (Å²) < 4.78 is 0.